The van der Waals surface area contributed by atoms with Gasteiger partial charge < -0.3 is 19.1 Å². The number of carbonyl (C=O) groups excluding carboxylic acids is 1. The summed E-state index contributed by atoms with van der Waals surface area (Å²) in [6, 6.07) is 8.41. The number of para-hydroxylation sites is 1. The first-order valence-corrected chi connectivity index (χ1v) is 8.18. The van der Waals surface area contributed by atoms with Gasteiger partial charge in [0.25, 0.3) is 11.6 Å². The van der Waals surface area contributed by atoms with Gasteiger partial charge in [0, 0.05) is 13.1 Å². The monoisotopic (exact) mass is 376 g/mol. The minimum absolute atomic E-state index is 0.0293. The molecule has 0 saturated carbocycles. The first-order valence-electron chi connectivity index (χ1n) is 8.18. The highest BCUT2D eigenvalue weighted by Crippen LogP contribution is 2.37. The van der Waals surface area contributed by atoms with Gasteiger partial charge in [-0.15, -0.1) is 0 Å². The quantitative estimate of drug-likeness (QED) is 0.569. The summed E-state index contributed by atoms with van der Waals surface area (Å²) in [6.07, 6.45) is 0. The van der Waals surface area contributed by atoms with Crippen LogP contribution in [-0.2, 0) is 0 Å². The molecule has 0 aromatic heterocycles. The Kier molecular flexibility index (Phi) is 5.39. The van der Waals surface area contributed by atoms with E-state index >= 15 is 0 Å². The molecule has 8 nitrogen and oxygen atoms in total. The van der Waals surface area contributed by atoms with Crippen molar-refractivity contribution in [3.05, 3.63) is 57.9 Å². The zero-order chi connectivity index (χ0) is 19.4. The van der Waals surface area contributed by atoms with Gasteiger partial charge in [0.2, 0.25) is 0 Å². The summed E-state index contributed by atoms with van der Waals surface area (Å²) in [5, 5.41) is 11.3. The molecular formula is C18H17FN2O6. The van der Waals surface area contributed by atoms with Crippen molar-refractivity contribution in [3.63, 3.8) is 0 Å². The molecule has 1 amide bonds. The minimum atomic E-state index is -0.644. The number of amides is 1. The molecule has 9 heteroatoms. The topological polar surface area (TPSA) is 91.1 Å². The third kappa shape index (κ3) is 4.08. The first kappa shape index (κ1) is 18.4. The van der Waals surface area contributed by atoms with Crippen LogP contribution in [0.15, 0.2) is 36.4 Å². The van der Waals surface area contributed by atoms with E-state index in [4.69, 9.17) is 14.2 Å². The van der Waals surface area contributed by atoms with Gasteiger partial charge in [-0.2, -0.15) is 0 Å². The van der Waals surface area contributed by atoms with E-state index in [1.165, 1.54) is 36.2 Å². The van der Waals surface area contributed by atoms with Gasteiger partial charge in [0.1, 0.15) is 25.4 Å². The lowest BCUT2D eigenvalue weighted by Crippen LogP contribution is -2.31. The van der Waals surface area contributed by atoms with Gasteiger partial charge in [-0.3, -0.25) is 14.9 Å². The molecule has 1 aliphatic rings. The second-order valence-corrected chi connectivity index (χ2v) is 5.78. The molecule has 0 saturated heterocycles. The van der Waals surface area contributed by atoms with Crippen molar-refractivity contribution < 1.29 is 28.3 Å². The molecule has 0 atom stereocenters. The van der Waals surface area contributed by atoms with E-state index < -0.39 is 16.6 Å². The number of nitro groups is 1. The van der Waals surface area contributed by atoms with Crippen LogP contribution in [0.25, 0.3) is 0 Å². The van der Waals surface area contributed by atoms with E-state index in [1.54, 1.807) is 12.1 Å². The van der Waals surface area contributed by atoms with E-state index in [2.05, 4.69) is 0 Å². The van der Waals surface area contributed by atoms with Crippen LogP contribution in [-0.4, -0.2) is 49.1 Å². The Balaban J connectivity index is 1.72. The number of ether oxygens (including phenoxy) is 3. The molecule has 1 aliphatic heterocycles. The highest BCUT2D eigenvalue weighted by atomic mass is 19.1. The smallest absolute Gasteiger partial charge is 0.286 e. The van der Waals surface area contributed by atoms with Crippen molar-refractivity contribution >= 4 is 11.6 Å². The number of rotatable bonds is 6. The number of halogens is 1. The van der Waals surface area contributed by atoms with Crippen molar-refractivity contribution in [1.29, 1.82) is 0 Å². The third-order valence-corrected chi connectivity index (χ3v) is 3.96. The maximum atomic E-state index is 13.5. The Morgan fingerprint density at radius 3 is 2.59 bits per heavy atom. The number of nitro benzene ring substituents is 1. The summed E-state index contributed by atoms with van der Waals surface area (Å²) in [6.45, 7) is 0.718. The average Bonchev–Trinajstić information content (AvgIpc) is 2.67. The summed E-state index contributed by atoms with van der Waals surface area (Å²) < 4.78 is 29.6. The van der Waals surface area contributed by atoms with E-state index in [-0.39, 0.29) is 48.3 Å². The van der Waals surface area contributed by atoms with E-state index in [1.807, 2.05) is 0 Å². The van der Waals surface area contributed by atoms with Crippen LogP contribution in [0.1, 0.15) is 10.4 Å². The van der Waals surface area contributed by atoms with Gasteiger partial charge in [-0.1, -0.05) is 12.1 Å². The summed E-state index contributed by atoms with van der Waals surface area (Å²) in [7, 11) is 1.48. The molecule has 0 spiro atoms. The predicted molar refractivity (Wildman–Crippen MR) is 92.9 cm³/mol. The molecule has 0 unspecified atom stereocenters. The third-order valence-electron chi connectivity index (χ3n) is 3.96. The van der Waals surface area contributed by atoms with Gasteiger partial charge in [0.15, 0.2) is 23.1 Å². The minimum Gasteiger partial charge on any atom is -0.489 e. The van der Waals surface area contributed by atoms with Crippen LogP contribution in [0, 0.1) is 15.9 Å². The largest absolute Gasteiger partial charge is 0.489 e. The Morgan fingerprint density at radius 2 is 1.93 bits per heavy atom. The molecule has 2 aromatic carbocycles. The molecule has 3 rings (SSSR count). The lowest BCUT2D eigenvalue weighted by molar-refractivity contribution is -0.385. The SMILES string of the molecule is CN(CCOc1ccccc1F)C(=O)c1cc2c(cc1[N+](=O)[O-])OCCO2. The van der Waals surface area contributed by atoms with Gasteiger partial charge in [-0.05, 0) is 12.1 Å². The fraction of sp³-hybridized carbons (Fsp3) is 0.278. The van der Waals surface area contributed by atoms with Crippen molar-refractivity contribution in [2.75, 3.05) is 33.4 Å². The molecule has 0 fully saturated rings. The first-order chi connectivity index (χ1) is 13.0. The molecular weight excluding hydrogens is 359 g/mol. The predicted octanol–water partition coefficient (Wildman–Crippen LogP) is 2.66. The number of fused-ring (bicyclic) bond motifs is 1. The Bertz CT molecular complexity index is 873. The van der Waals surface area contributed by atoms with E-state index in [0.29, 0.717) is 6.61 Å². The molecule has 0 aliphatic carbocycles. The van der Waals surface area contributed by atoms with Crippen molar-refractivity contribution in [3.8, 4) is 17.2 Å². The van der Waals surface area contributed by atoms with Crippen LogP contribution in [0.4, 0.5) is 10.1 Å². The fourth-order valence-electron chi connectivity index (χ4n) is 2.56. The summed E-state index contributed by atoms with van der Waals surface area (Å²) >= 11 is 0. The van der Waals surface area contributed by atoms with Gasteiger partial charge in [-0.25, -0.2) is 4.39 Å². The maximum absolute atomic E-state index is 13.5. The Hall–Kier alpha value is -3.36. The van der Waals surface area contributed by atoms with Gasteiger partial charge in [0.05, 0.1) is 17.5 Å². The number of hydrogen-bond donors (Lipinski definition) is 0. The van der Waals surface area contributed by atoms with E-state index in [0.717, 1.165) is 0 Å². The number of nitrogens with zero attached hydrogens (tertiary/aromatic N) is 2. The van der Waals surface area contributed by atoms with E-state index in [9.17, 15) is 19.3 Å². The molecule has 0 radical (unpaired) electrons. The van der Waals surface area contributed by atoms with Crippen LogP contribution in [0.2, 0.25) is 0 Å². The highest BCUT2D eigenvalue weighted by Gasteiger charge is 2.28. The number of benzene rings is 2. The number of likely N-dealkylation sites (N-methyl/N-ethyl adjacent to an activating group) is 1. The zero-order valence-corrected chi connectivity index (χ0v) is 14.5. The lowest BCUT2D eigenvalue weighted by Gasteiger charge is -2.21. The van der Waals surface area contributed by atoms with Crippen molar-refractivity contribution in [1.82, 2.24) is 4.90 Å². The molecule has 0 N–H and O–H groups in total. The average molecular weight is 376 g/mol. The second-order valence-electron chi connectivity index (χ2n) is 5.78. The van der Waals surface area contributed by atoms with Crippen molar-refractivity contribution in [2.24, 2.45) is 0 Å². The Morgan fingerprint density at radius 1 is 1.26 bits per heavy atom. The summed E-state index contributed by atoms with van der Waals surface area (Å²) in [5.74, 6) is -0.491. The molecule has 1 heterocycles. The highest BCUT2D eigenvalue weighted by molar-refractivity contribution is 5.99. The summed E-state index contributed by atoms with van der Waals surface area (Å²) in [5.41, 5.74) is -0.483. The number of carbonyl (C=O) groups is 1. The molecule has 142 valence electrons. The normalized spacial score (nSPS) is 12.4. The van der Waals surface area contributed by atoms with Crippen LogP contribution < -0.4 is 14.2 Å². The maximum Gasteiger partial charge on any atom is 0.286 e. The number of hydrogen-bond acceptors (Lipinski definition) is 6. The van der Waals surface area contributed by atoms with Crippen LogP contribution in [0.5, 0.6) is 17.2 Å². The fourth-order valence-corrected chi connectivity index (χ4v) is 2.56. The van der Waals surface area contributed by atoms with Crippen molar-refractivity contribution in [2.45, 2.75) is 0 Å². The second kappa shape index (κ2) is 7.90. The Labute approximate surface area is 154 Å². The zero-order valence-electron chi connectivity index (χ0n) is 14.5. The molecule has 2 aromatic rings. The van der Waals surface area contributed by atoms with Gasteiger partial charge >= 0.3 is 0 Å². The molecule has 27 heavy (non-hydrogen) atoms. The van der Waals surface area contributed by atoms with Crippen LogP contribution in [0.3, 0.4) is 0 Å². The van der Waals surface area contributed by atoms with Crippen LogP contribution >= 0.6 is 0 Å². The molecule has 0 bridgehead atoms. The lowest BCUT2D eigenvalue weighted by atomic mass is 10.1. The standard InChI is InChI=1S/C18H17FN2O6/c1-20(6-7-25-15-5-3-2-4-13(15)19)18(22)12-10-16-17(27-9-8-26-16)11-14(12)21(23)24/h2-5,10-11H,6-9H2,1H3. The summed E-state index contributed by atoms with van der Waals surface area (Å²) in [4.78, 5) is 24.6.